The average molecular weight is 204 g/mol. The Hall–Kier alpha value is -0.820. The standard InChI is InChI=1S/C14H20O/c1-10(2)9-11-5-7-12(8-6-11)13-14(3,4)15-13/h5-8,10,13H,9H2,1-4H3. The van der Waals surface area contributed by atoms with Crippen molar-refractivity contribution < 1.29 is 4.74 Å². The van der Waals surface area contributed by atoms with Gasteiger partial charge in [0.1, 0.15) is 6.10 Å². The van der Waals surface area contributed by atoms with E-state index in [1.165, 1.54) is 11.1 Å². The summed E-state index contributed by atoms with van der Waals surface area (Å²) in [5.74, 6) is 0.726. The lowest BCUT2D eigenvalue weighted by Crippen LogP contribution is -1.98. The Bertz CT molecular complexity index is 335. The number of ether oxygens (including phenoxy) is 1. The van der Waals surface area contributed by atoms with Gasteiger partial charge in [0.2, 0.25) is 0 Å². The Kier molecular flexibility index (Phi) is 2.59. The van der Waals surface area contributed by atoms with Gasteiger partial charge in [0.05, 0.1) is 5.60 Å². The molecule has 1 aliphatic heterocycles. The van der Waals surface area contributed by atoms with E-state index in [0.717, 1.165) is 12.3 Å². The summed E-state index contributed by atoms with van der Waals surface area (Å²) < 4.78 is 5.61. The van der Waals surface area contributed by atoms with Crippen molar-refractivity contribution in [2.45, 2.75) is 45.8 Å². The minimum atomic E-state index is 0.0551. The van der Waals surface area contributed by atoms with Crippen molar-refractivity contribution in [2.24, 2.45) is 5.92 Å². The molecular weight excluding hydrogens is 184 g/mol. The maximum absolute atomic E-state index is 5.61. The van der Waals surface area contributed by atoms with Gasteiger partial charge in [0.15, 0.2) is 0 Å². The van der Waals surface area contributed by atoms with E-state index in [-0.39, 0.29) is 5.60 Å². The first kappa shape index (κ1) is 10.7. The van der Waals surface area contributed by atoms with Crippen LogP contribution < -0.4 is 0 Å². The molecule has 1 unspecified atom stereocenters. The van der Waals surface area contributed by atoms with Crippen molar-refractivity contribution in [1.82, 2.24) is 0 Å². The molecule has 1 aliphatic rings. The highest BCUT2D eigenvalue weighted by Gasteiger charge is 2.48. The number of rotatable bonds is 3. The molecule has 1 saturated heterocycles. The summed E-state index contributed by atoms with van der Waals surface area (Å²) >= 11 is 0. The van der Waals surface area contributed by atoms with Crippen molar-refractivity contribution in [3.05, 3.63) is 35.4 Å². The molecule has 0 N–H and O–H groups in total. The molecule has 2 rings (SSSR count). The van der Waals surface area contributed by atoms with E-state index < -0.39 is 0 Å². The molecule has 0 spiro atoms. The zero-order valence-electron chi connectivity index (χ0n) is 10.1. The highest BCUT2D eigenvalue weighted by molar-refractivity contribution is 5.29. The SMILES string of the molecule is CC(C)Cc1ccc(C2OC2(C)C)cc1. The monoisotopic (exact) mass is 204 g/mol. The largest absolute Gasteiger partial charge is 0.362 e. The van der Waals surface area contributed by atoms with Crippen molar-refractivity contribution in [1.29, 1.82) is 0 Å². The fourth-order valence-corrected chi connectivity index (χ4v) is 2.04. The van der Waals surface area contributed by atoms with Crippen LogP contribution in [0.3, 0.4) is 0 Å². The molecule has 82 valence electrons. The van der Waals surface area contributed by atoms with Crippen LogP contribution in [0, 0.1) is 5.92 Å². The zero-order valence-corrected chi connectivity index (χ0v) is 10.1. The van der Waals surface area contributed by atoms with E-state index in [1.54, 1.807) is 0 Å². The Morgan fingerprint density at radius 1 is 1.20 bits per heavy atom. The predicted molar refractivity (Wildman–Crippen MR) is 62.9 cm³/mol. The van der Waals surface area contributed by atoms with Crippen LogP contribution in [0.25, 0.3) is 0 Å². The Balaban J connectivity index is 2.05. The van der Waals surface area contributed by atoms with E-state index in [0.29, 0.717) is 6.10 Å². The van der Waals surface area contributed by atoms with E-state index in [9.17, 15) is 0 Å². The normalized spacial score (nSPS) is 23.1. The van der Waals surface area contributed by atoms with Gasteiger partial charge in [-0.2, -0.15) is 0 Å². The van der Waals surface area contributed by atoms with Gasteiger partial charge in [-0.25, -0.2) is 0 Å². The molecule has 0 amide bonds. The molecule has 1 aromatic carbocycles. The Labute approximate surface area is 92.5 Å². The van der Waals surface area contributed by atoms with Crippen LogP contribution in [0.15, 0.2) is 24.3 Å². The van der Waals surface area contributed by atoms with Crippen molar-refractivity contribution in [3.8, 4) is 0 Å². The van der Waals surface area contributed by atoms with Crippen LogP contribution in [-0.2, 0) is 11.2 Å². The topological polar surface area (TPSA) is 12.5 Å². The van der Waals surface area contributed by atoms with Crippen LogP contribution >= 0.6 is 0 Å². The molecular formula is C14H20O. The zero-order chi connectivity index (χ0) is 11.1. The van der Waals surface area contributed by atoms with E-state index in [2.05, 4.69) is 52.0 Å². The van der Waals surface area contributed by atoms with Gasteiger partial charge in [-0.1, -0.05) is 38.1 Å². The number of benzene rings is 1. The second-order valence-electron chi connectivity index (χ2n) is 5.44. The van der Waals surface area contributed by atoms with E-state index in [1.807, 2.05) is 0 Å². The first-order valence-electron chi connectivity index (χ1n) is 5.76. The lowest BCUT2D eigenvalue weighted by molar-refractivity contribution is 0.325. The molecule has 0 radical (unpaired) electrons. The first-order valence-corrected chi connectivity index (χ1v) is 5.76. The summed E-state index contributed by atoms with van der Waals surface area (Å²) in [5.41, 5.74) is 2.79. The molecule has 1 atom stereocenters. The number of hydrogen-bond donors (Lipinski definition) is 0. The molecule has 0 aliphatic carbocycles. The molecule has 0 aromatic heterocycles. The fourth-order valence-electron chi connectivity index (χ4n) is 2.04. The van der Waals surface area contributed by atoms with Gasteiger partial charge in [-0.05, 0) is 37.3 Å². The molecule has 0 bridgehead atoms. The van der Waals surface area contributed by atoms with Gasteiger partial charge in [-0.3, -0.25) is 0 Å². The van der Waals surface area contributed by atoms with Gasteiger partial charge in [-0.15, -0.1) is 0 Å². The third kappa shape index (κ3) is 2.40. The van der Waals surface area contributed by atoms with Crippen LogP contribution in [0.4, 0.5) is 0 Å². The van der Waals surface area contributed by atoms with Crippen LogP contribution in [0.5, 0.6) is 0 Å². The summed E-state index contributed by atoms with van der Waals surface area (Å²) in [6.07, 6.45) is 1.47. The summed E-state index contributed by atoms with van der Waals surface area (Å²) in [6, 6.07) is 8.87. The summed E-state index contributed by atoms with van der Waals surface area (Å²) in [4.78, 5) is 0. The second kappa shape index (κ2) is 3.64. The first-order chi connectivity index (χ1) is 6.99. The average Bonchev–Trinajstić information content (AvgIpc) is 2.75. The summed E-state index contributed by atoms with van der Waals surface area (Å²) in [7, 11) is 0. The summed E-state index contributed by atoms with van der Waals surface area (Å²) in [5, 5.41) is 0. The Morgan fingerprint density at radius 3 is 2.13 bits per heavy atom. The fraction of sp³-hybridized carbons (Fsp3) is 0.571. The maximum Gasteiger partial charge on any atom is 0.112 e. The van der Waals surface area contributed by atoms with Crippen molar-refractivity contribution in [3.63, 3.8) is 0 Å². The smallest absolute Gasteiger partial charge is 0.112 e. The molecule has 0 saturated carbocycles. The van der Waals surface area contributed by atoms with Crippen molar-refractivity contribution in [2.75, 3.05) is 0 Å². The minimum Gasteiger partial charge on any atom is -0.362 e. The summed E-state index contributed by atoms with van der Waals surface area (Å²) in [6.45, 7) is 8.78. The third-order valence-corrected chi connectivity index (χ3v) is 2.92. The number of epoxide rings is 1. The molecule has 1 fully saturated rings. The quantitative estimate of drug-likeness (QED) is 0.683. The number of hydrogen-bond acceptors (Lipinski definition) is 1. The van der Waals surface area contributed by atoms with Gasteiger partial charge in [0.25, 0.3) is 0 Å². The van der Waals surface area contributed by atoms with Gasteiger partial charge in [0, 0.05) is 0 Å². The molecule has 1 heterocycles. The van der Waals surface area contributed by atoms with Crippen molar-refractivity contribution >= 4 is 0 Å². The lowest BCUT2D eigenvalue weighted by atomic mass is 9.98. The molecule has 1 heteroatoms. The molecule has 1 nitrogen and oxygen atoms in total. The highest BCUT2D eigenvalue weighted by Crippen LogP contribution is 2.48. The molecule has 1 aromatic rings. The Morgan fingerprint density at radius 2 is 1.73 bits per heavy atom. The van der Waals surface area contributed by atoms with E-state index >= 15 is 0 Å². The van der Waals surface area contributed by atoms with E-state index in [4.69, 9.17) is 4.74 Å². The second-order valence-corrected chi connectivity index (χ2v) is 5.44. The maximum atomic E-state index is 5.61. The van der Waals surface area contributed by atoms with Gasteiger partial charge >= 0.3 is 0 Å². The minimum absolute atomic E-state index is 0.0551. The van der Waals surface area contributed by atoms with Crippen LogP contribution in [0.1, 0.15) is 44.9 Å². The lowest BCUT2D eigenvalue weighted by Gasteiger charge is -2.05. The predicted octanol–water partition coefficient (Wildman–Crippen LogP) is 3.74. The molecule has 15 heavy (non-hydrogen) atoms. The third-order valence-electron chi connectivity index (χ3n) is 2.92. The highest BCUT2D eigenvalue weighted by atomic mass is 16.6. The van der Waals surface area contributed by atoms with Gasteiger partial charge < -0.3 is 4.74 Å². The van der Waals surface area contributed by atoms with Crippen LogP contribution in [0.2, 0.25) is 0 Å². The van der Waals surface area contributed by atoms with Crippen LogP contribution in [-0.4, -0.2) is 5.60 Å².